The summed E-state index contributed by atoms with van der Waals surface area (Å²) in [6, 6.07) is 0.542. The summed E-state index contributed by atoms with van der Waals surface area (Å²) in [5.41, 5.74) is 0. The Morgan fingerprint density at radius 1 is 1.56 bits per heavy atom. The second-order valence-electron chi connectivity index (χ2n) is 4.59. The fraction of sp³-hybridized carbons (Fsp3) is 0.727. The van der Waals surface area contributed by atoms with Gasteiger partial charge in [-0.25, -0.2) is 0 Å². The lowest BCUT2D eigenvalue weighted by atomic mass is 10.1. The summed E-state index contributed by atoms with van der Waals surface area (Å²) in [6.45, 7) is 7.80. The van der Waals surface area contributed by atoms with Gasteiger partial charge in [0.05, 0.1) is 5.92 Å². The van der Waals surface area contributed by atoms with Gasteiger partial charge in [-0.3, -0.25) is 4.79 Å². The molecule has 1 aromatic rings. The van der Waals surface area contributed by atoms with Crippen molar-refractivity contribution in [3.63, 3.8) is 0 Å². The second-order valence-corrected chi connectivity index (χ2v) is 4.59. The van der Waals surface area contributed by atoms with Crippen molar-refractivity contribution in [2.75, 3.05) is 13.1 Å². The Morgan fingerprint density at radius 3 is 2.81 bits per heavy atom. The smallest absolute Gasteiger partial charge is 0.238 e. The van der Waals surface area contributed by atoms with Gasteiger partial charge in [-0.2, -0.15) is 4.98 Å². The minimum absolute atomic E-state index is 0.145. The van der Waals surface area contributed by atoms with Crippen molar-refractivity contribution >= 4 is 5.78 Å². The van der Waals surface area contributed by atoms with E-state index in [4.69, 9.17) is 4.52 Å². The SMILES string of the molecule is CC(=O)c1noc(C2CCN(C(C)C)C2)n1. The molecule has 1 fully saturated rings. The van der Waals surface area contributed by atoms with E-state index >= 15 is 0 Å². The van der Waals surface area contributed by atoms with Crippen LogP contribution in [0.2, 0.25) is 0 Å². The molecule has 0 aliphatic carbocycles. The van der Waals surface area contributed by atoms with E-state index in [-0.39, 0.29) is 17.5 Å². The summed E-state index contributed by atoms with van der Waals surface area (Å²) < 4.78 is 5.13. The van der Waals surface area contributed by atoms with Crippen LogP contribution in [0.15, 0.2) is 4.52 Å². The lowest BCUT2D eigenvalue weighted by Crippen LogP contribution is -2.27. The van der Waals surface area contributed by atoms with Gasteiger partial charge in [0.2, 0.25) is 17.5 Å². The highest BCUT2D eigenvalue weighted by Gasteiger charge is 2.29. The van der Waals surface area contributed by atoms with E-state index in [1.54, 1.807) is 0 Å². The van der Waals surface area contributed by atoms with Crippen LogP contribution in [-0.4, -0.2) is 40.0 Å². The van der Waals surface area contributed by atoms with Gasteiger partial charge in [-0.15, -0.1) is 0 Å². The molecule has 0 aromatic carbocycles. The van der Waals surface area contributed by atoms with Gasteiger partial charge in [0.25, 0.3) is 0 Å². The molecule has 0 radical (unpaired) electrons. The third kappa shape index (κ3) is 2.14. The zero-order valence-corrected chi connectivity index (χ0v) is 9.93. The van der Waals surface area contributed by atoms with Crippen molar-refractivity contribution in [1.82, 2.24) is 15.0 Å². The van der Waals surface area contributed by atoms with Crippen molar-refractivity contribution in [2.24, 2.45) is 0 Å². The predicted octanol–water partition coefficient (Wildman–Crippen LogP) is 1.47. The highest BCUT2D eigenvalue weighted by Crippen LogP contribution is 2.26. The van der Waals surface area contributed by atoms with Crippen LogP contribution in [0.4, 0.5) is 0 Å². The maximum atomic E-state index is 11.1. The van der Waals surface area contributed by atoms with E-state index in [9.17, 15) is 4.79 Å². The first kappa shape index (κ1) is 11.3. The molecule has 5 heteroatoms. The first-order valence-corrected chi connectivity index (χ1v) is 5.66. The first-order valence-electron chi connectivity index (χ1n) is 5.66. The predicted molar refractivity (Wildman–Crippen MR) is 58.4 cm³/mol. The molecule has 1 saturated heterocycles. The van der Waals surface area contributed by atoms with Crippen LogP contribution in [0, 0.1) is 0 Å². The van der Waals surface area contributed by atoms with Crippen LogP contribution in [-0.2, 0) is 0 Å². The quantitative estimate of drug-likeness (QED) is 0.726. The van der Waals surface area contributed by atoms with Gasteiger partial charge >= 0.3 is 0 Å². The summed E-state index contributed by atoms with van der Waals surface area (Å²) in [7, 11) is 0. The van der Waals surface area contributed by atoms with Crippen molar-refractivity contribution in [1.29, 1.82) is 0 Å². The number of carbonyl (C=O) groups is 1. The molecule has 5 nitrogen and oxygen atoms in total. The summed E-state index contributed by atoms with van der Waals surface area (Å²) in [4.78, 5) is 17.6. The number of hydrogen-bond donors (Lipinski definition) is 0. The molecule has 1 atom stereocenters. The molecule has 1 aliphatic heterocycles. The summed E-state index contributed by atoms with van der Waals surface area (Å²) >= 11 is 0. The Labute approximate surface area is 94.8 Å². The Balaban J connectivity index is 2.06. The standard InChI is InChI=1S/C11H17N3O2/c1-7(2)14-5-4-9(6-14)11-12-10(8(3)15)13-16-11/h7,9H,4-6H2,1-3H3. The van der Waals surface area contributed by atoms with E-state index in [2.05, 4.69) is 28.9 Å². The number of Topliss-reactive ketones (excluding diaryl/α,β-unsaturated/α-hetero) is 1. The molecule has 0 bridgehead atoms. The van der Waals surface area contributed by atoms with Crippen LogP contribution >= 0.6 is 0 Å². The molecule has 2 rings (SSSR count). The number of rotatable bonds is 3. The van der Waals surface area contributed by atoms with Crippen molar-refractivity contribution in [3.05, 3.63) is 11.7 Å². The van der Waals surface area contributed by atoms with Crippen LogP contribution in [0.5, 0.6) is 0 Å². The third-order valence-corrected chi connectivity index (χ3v) is 3.06. The molecule has 88 valence electrons. The largest absolute Gasteiger partial charge is 0.339 e. The topological polar surface area (TPSA) is 59.2 Å². The summed E-state index contributed by atoms with van der Waals surface area (Å²) in [6.07, 6.45) is 1.03. The zero-order valence-electron chi connectivity index (χ0n) is 9.93. The van der Waals surface area contributed by atoms with Gasteiger partial charge in [0.1, 0.15) is 0 Å². The molecule has 0 N–H and O–H groups in total. The molecular weight excluding hydrogens is 206 g/mol. The Kier molecular flexibility index (Phi) is 3.05. The highest BCUT2D eigenvalue weighted by atomic mass is 16.5. The second kappa shape index (κ2) is 4.33. The number of hydrogen-bond acceptors (Lipinski definition) is 5. The molecule has 1 unspecified atom stereocenters. The van der Waals surface area contributed by atoms with Crippen LogP contribution in [0.25, 0.3) is 0 Å². The fourth-order valence-electron chi connectivity index (χ4n) is 2.00. The molecule has 0 saturated carbocycles. The van der Waals surface area contributed by atoms with Crippen molar-refractivity contribution in [3.8, 4) is 0 Å². The van der Waals surface area contributed by atoms with Crippen molar-refractivity contribution in [2.45, 2.75) is 39.2 Å². The van der Waals surface area contributed by atoms with E-state index < -0.39 is 0 Å². The van der Waals surface area contributed by atoms with Gasteiger partial charge in [0.15, 0.2) is 0 Å². The first-order chi connectivity index (χ1) is 7.58. The monoisotopic (exact) mass is 223 g/mol. The Morgan fingerprint density at radius 2 is 2.31 bits per heavy atom. The van der Waals surface area contributed by atoms with Gasteiger partial charge in [0, 0.05) is 19.5 Å². The highest BCUT2D eigenvalue weighted by molar-refractivity contribution is 5.89. The normalized spacial score (nSPS) is 21.9. The molecular formula is C11H17N3O2. The lowest BCUT2D eigenvalue weighted by Gasteiger charge is -2.19. The van der Waals surface area contributed by atoms with E-state index in [0.29, 0.717) is 11.9 Å². The zero-order chi connectivity index (χ0) is 11.7. The van der Waals surface area contributed by atoms with Gasteiger partial charge < -0.3 is 9.42 Å². The van der Waals surface area contributed by atoms with Gasteiger partial charge in [-0.1, -0.05) is 5.16 Å². The Hall–Kier alpha value is -1.23. The third-order valence-electron chi connectivity index (χ3n) is 3.06. The van der Waals surface area contributed by atoms with Crippen LogP contribution in [0.3, 0.4) is 0 Å². The number of ketones is 1. The van der Waals surface area contributed by atoms with Crippen molar-refractivity contribution < 1.29 is 9.32 Å². The molecule has 1 aliphatic rings. The lowest BCUT2D eigenvalue weighted by molar-refractivity contribution is 0.100. The van der Waals surface area contributed by atoms with E-state index in [1.165, 1.54) is 6.92 Å². The molecule has 0 spiro atoms. The Bertz CT molecular complexity index is 386. The maximum Gasteiger partial charge on any atom is 0.238 e. The van der Waals surface area contributed by atoms with Crippen LogP contribution < -0.4 is 0 Å². The molecule has 0 amide bonds. The van der Waals surface area contributed by atoms with Crippen LogP contribution in [0.1, 0.15) is 49.6 Å². The molecule has 2 heterocycles. The average Bonchev–Trinajstić information content (AvgIpc) is 2.86. The summed E-state index contributed by atoms with van der Waals surface area (Å²) in [5, 5.41) is 3.68. The number of carbonyl (C=O) groups excluding carboxylic acids is 1. The van der Waals surface area contributed by atoms with Gasteiger partial charge in [-0.05, 0) is 26.8 Å². The minimum Gasteiger partial charge on any atom is -0.339 e. The average molecular weight is 223 g/mol. The number of nitrogens with zero attached hydrogens (tertiary/aromatic N) is 3. The number of aromatic nitrogens is 2. The molecule has 1 aromatic heterocycles. The van der Waals surface area contributed by atoms with E-state index in [1.807, 2.05) is 0 Å². The molecule has 16 heavy (non-hydrogen) atoms. The summed E-state index contributed by atoms with van der Waals surface area (Å²) in [5.74, 6) is 0.933. The fourth-order valence-corrected chi connectivity index (χ4v) is 2.00. The minimum atomic E-state index is -0.145. The van der Waals surface area contributed by atoms with E-state index in [0.717, 1.165) is 19.5 Å². The maximum absolute atomic E-state index is 11.1. The number of likely N-dealkylation sites (tertiary alicyclic amines) is 1.